The standard InChI is InChI=1S/C35H63NO14.Ac.H2O/c1-16-13-18(3)46-32(25(16)38)50-30-19(4)27(49-23-15-34(8,45-10)28(40)21(6)47-23)20(5)31(42)48-22(11-12-36)35(9,44)29(41)26(39)24(37)17(2)14-33(30,7)43;;/h16-23,25-30,32,38-41,43-44H,11-15,36H2,1-10H3;;1H2/t16?,17-,18?,19+,20?,21?,22-,23?,25?,26?,27?,28?,29?,30?,32?,33-,34?,35-;;/m1../s1. The van der Waals surface area contributed by atoms with Crippen LogP contribution >= 0.6 is 0 Å². The molecule has 0 aromatic carbocycles. The maximum atomic E-state index is 14.0. The van der Waals surface area contributed by atoms with Gasteiger partial charge in [-0.25, -0.2) is 0 Å². The van der Waals surface area contributed by atoms with Crippen LogP contribution in [-0.2, 0) is 38.0 Å². The van der Waals surface area contributed by atoms with Gasteiger partial charge in [0.1, 0.15) is 36.1 Å². The van der Waals surface area contributed by atoms with Gasteiger partial charge in [0.25, 0.3) is 0 Å². The van der Waals surface area contributed by atoms with Crippen molar-refractivity contribution in [3.05, 3.63) is 0 Å². The summed E-state index contributed by atoms with van der Waals surface area (Å²) >= 11 is 0. The molecule has 52 heavy (non-hydrogen) atoms. The molecule has 0 aliphatic carbocycles. The van der Waals surface area contributed by atoms with Crippen molar-refractivity contribution in [2.24, 2.45) is 29.4 Å². The van der Waals surface area contributed by atoms with Crippen molar-refractivity contribution in [1.29, 1.82) is 0 Å². The molecular weight excluding hydrogens is 901 g/mol. The number of hydrogen-bond donors (Lipinski definition) is 7. The van der Waals surface area contributed by atoms with Gasteiger partial charge in [-0.3, -0.25) is 9.59 Å². The maximum Gasteiger partial charge on any atom is 1.00 e. The van der Waals surface area contributed by atoms with Crippen LogP contribution in [0, 0.1) is 67.7 Å². The van der Waals surface area contributed by atoms with Crippen LogP contribution in [0.5, 0.6) is 0 Å². The molecule has 0 saturated carbocycles. The number of hydrogen-bond acceptors (Lipinski definition) is 16. The fourth-order valence-corrected chi connectivity index (χ4v) is 7.83. The molecule has 17 heteroatoms. The summed E-state index contributed by atoms with van der Waals surface area (Å²) in [6, 6.07) is 0. The van der Waals surface area contributed by atoms with Gasteiger partial charge >= 0.3 is 7.40 Å². The molecule has 18 atom stereocenters. The summed E-state index contributed by atoms with van der Waals surface area (Å²) < 4.78 is 36.5. The van der Waals surface area contributed by atoms with Crippen LogP contribution in [0.3, 0.4) is 0 Å². The second-order valence-electron chi connectivity index (χ2n) is 15.7. The van der Waals surface area contributed by atoms with Crippen LogP contribution in [0.2, 0.25) is 0 Å². The Morgan fingerprint density at radius 1 is 0.923 bits per heavy atom. The summed E-state index contributed by atoms with van der Waals surface area (Å²) in [6.07, 6.45) is -13.2. The average molecular weight is 967 g/mol. The SMILES string of the molecule is COC1(C)CC(OC2C(C)C(=O)O[C@H](CCN)[C@@](C)(O)C(O)C(O)C(=O)[C@H](C)C[C@@](C)(O)C(OC3OC(C)CC(C)C3O)[C@H]2C)OC(C)C1O.[Ac].[H+].[OH-]. The number of carbonyl (C=O) groups excluding carboxylic acids is 2. The number of ketones is 1. The van der Waals surface area contributed by atoms with Crippen molar-refractivity contribution in [3.8, 4) is 0 Å². The van der Waals surface area contributed by atoms with Gasteiger partial charge in [-0.2, -0.15) is 0 Å². The first kappa shape index (κ1) is 50.1. The van der Waals surface area contributed by atoms with E-state index in [9.17, 15) is 40.2 Å². The fraction of sp³-hybridized carbons (Fsp3) is 0.943. The predicted octanol–water partition coefficient (Wildman–Crippen LogP) is 0.0908. The van der Waals surface area contributed by atoms with E-state index in [0.717, 1.165) is 6.92 Å². The predicted molar refractivity (Wildman–Crippen MR) is 181 cm³/mol. The number of cyclic esters (lactones) is 1. The van der Waals surface area contributed by atoms with Gasteiger partial charge in [0.15, 0.2) is 18.4 Å². The van der Waals surface area contributed by atoms with Crippen molar-refractivity contribution in [2.75, 3.05) is 13.7 Å². The average Bonchev–Trinajstić information content (AvgIpc) is 3.04. The zero-order chi connectivity index (χ0) is 38.1. The second kappa shape index (κ2) is 20.0. The maximum absolute atomic E-state index is 14.0. The number of rotatable bonds is 7. The summed E-state index contributed by atoms with van der Waals surface area (Å²) in [4.78, 5) is 27.5. The van der Waals surface area contributed by atoms with Crippen LogP contribution < -0.4 is 5.73 Å². The van der Waals surface area contributed by atoms with Crippen molar-refractivity contribution < 1.29 is 120 Å². The molecule has 3 aliphatic rings. The molecule has 3 heterocycles. The first-order valence-corrected chi connectivity index (χ1v) is 17.8. The number of nitrogens with two attached hydrogens (primary N) is 1. The minimum absolute atomic E-state index is 0. The summed E-state index contributed by atoms with van der Waals surface area (Å²) in [6.45, 7) is 14.2. The molecule has 0 aromatic heterocycles. The van der Waals surface area contributed by atoms with E-state index < -0.39 is 108 Å². The molecule has 303 valence electrons. The normalized spacial score (nSPS) is 48.4. The second-order valence-corrected chi connectivity index (χ2v) is 15.7. The molecule has 13 unspecified atom stereocenters. The van der Waals surface area contributed by atoms with Crippen molar-refractivity contribution in [2.45, 2.75) is 172 Å². The minimum atomic E-state index is -2.32. The van der Waals surface area contributed by atoms with E-state index >= 15 is 0 Å². The number of esters is 1. The van der Waals surface area contributed by atoms with Crippen LogP contribution in [0.4, 0.5) is 0 Å². The number of aliphatic hydroxyl groups excluding tert-OH is 4. The molecule has 1 radical (unpaired) electrons. The molecule has 3 rings (SSSR count). The largest absolute Gasteiger partial charge is 1.00 e. The number of ether oxygens (including phenoxy) is 6. The Morgan fingerprint density at radius 2 is 1.52 bits per heavy atom. The van der Waals surface area contributed by atoms with E-state index in [1.54, 1.807) is 20.8 Å². The summed E-state index contributed by atoms with van der Waals surface area (Å²) in [5, 5.41) is 67.7. The fourth-order valence-electron chi connectivity index (χ4n) is 7.83. The van der Waals surface area contributed by atoms with Crippen molar-refractivity contribution in [3.63, 3.8) is 0 Å². The zero-order valence-corrected chi connectivity index (χ0v) is 37.0. The van der Waals surface area contributed by atoms with Crippen LogP contribution in [0.15, 0.2) is 0 Å². The monoisotopic (exact) mass is 966 g/mol. The summed E-state index contributed by atoms with van der Waals surface area (Å²) in [5.74, 6) is -5.12. The van der Waals surface area contributed by atoms with E-state index in [0.29, 0.717) is 6.42 Å². The smallest absolute Gasteiger partial charge is 0.870 e. The Kier molecular flexibility index (Phi) is 19.2. The molecule has 3 aliphatic heterocycles. The van der Waals surface area contributed by atoms with Gasteiger partial charge < -0.3 is 70.3 Å². The van der Waals surface area contributed by atoms with E-state index in [4.69, 9.17) is 34.2 Å². The first-order valence-electron chi connectivity index (χ1n) is 17.8. The Hall–Kier alpha value is 0.0616. The molecule has 0 bridgehead atoms. The topological polar surface area (TPSA) is 267 Å². The molecule has 3 saturated heterocycles. The van der Waals surface area contributed by atoms with Gasteiger partial charge in [0.2, 0.25) is 0 Å². The Morgan fingerprint density at radius 3 is 2.08 bits per heavy atom. The molecule has 0 aromatic rings. The van der Waals surface area contributed by atoms with E-state index in [2.05, 4.69) is 0 Å². The first-order chi connectivity index (χ1) is 23.0. The molecule has 9 N–H and O–H groups in total. The van der Waals surface area contributed by atoms with Gasteiger partial charge in [0.05, 0.1) is 41.5 Å². The summed E-state index contributed by atoms with van der Waals surface area (Å²) in [5.41, 5.74) is 0.496. The third kappa shape index (κ3) is 11.1. The van der Waals surface area contributed by atoms with Gasteiger partial charge in [-0.1, -0.05) is 20.8 Å². The Balaban J connectivity index is 0.00000901. The van der Waals surface area contributed by atoms with E-state index in [1.807, 2.05) is 13.8 Å². The molecular formula is C35H65AcNO15. The number of carbonyl (C=O) groups is 2. The van der Waals surface area contributed by atoms with E-state index in [-0.39, 0.29) is 88.8 Å². The van der Waals surface area contributed by atoms with Crippen LogP contribution in [0.25, 0.3) is 0 Å². The van der Waals surface area contributed by atoms with Crippen molar-refractivity contribution >= 4 is 11.8 Å². The minimum Gasteiger partial charge on any atom is -0.870 e. The molecule has 0 spiro atoms. The third-order valence-electron chi connectivity index (χ3n) is 11.2. The quantitative estimate of drug-likeness (QED) is 0.167. The molecule has 0 amide bonds. The van der Waals surface area contributed by atoms with Crippen molar-refractivity contribution in [1.82, 2.24) is 0 Å². The Bertz CT molecular complexity index is 1150. The van der Waals surface area contributed by atoms with E-state index in [1.165, 1.54) is 27.9 Å². The number of methoxy groups -OCH3 is 1. The van der Waals surface area contributed by atoms with Crippen LogP contribution in [-0.4, -0.2) is 146 Å². The van der Waals surface area contributed by atoms with Crippen LogP contribution in [0.1, 0.15) is 89.4 Å². The van der Waals surface area contributed by atoms with Gasteiger partial charge in [-0.15, -0.1) is 0 Å². The zero-order valence-electron chi connectivity index (χ0n) is 33.2. The summed E-state index contributed by atoms with van der Waals surface area (Å²) in [7, 11) is 1.46. The molecule has 3 fully saturated rings. The Labute approximate surface area is 344 Å². The van der Waals surface area contributed by atoms with Gasteiger partial charge in [-0.05, 0) is 73.3 Å². The van der Waals surface area contributed by atoms with Gasteiger partial charge in [0, 0.05) is 69.4 Å². The number of Topliss-reactive ketones (excluding diaryl/α,β-unsaturated/α-hetero) is 1. The third-order valence-corrected chi connectivity index (χ3v) is 11.2. The molecule has 16 nitrogen and oxygen atoms in total. The number of aliphatic hydroxyl groups is 6.